The van der Waals surface area contributed by atoms with Crippen LogP contribution < -0.4 is 11.3 Å². The van der Waals surface area contributed by atoms with Crippen molar-refractivity contribution in [1.82, 2.24) is 5.43 Å². The molecular formula is C15H18F4N2. The van der Waals surface area contributed by atoms with Gasteiger partial charge in [-0.25, -0.2) is 4.39 Å². The summed E-state index contributed by atoms with van der Waals surface area (Å²) in [6.07, 6.45) is 2.26. The van der Waals surface area contributed by atoms with E-state index in [1.165, 1.54) is 11.6 Å². The Kier molecular flexibility index (Phi) is 5.00. The van der Waals surface area contributed by atoms with E-state index in [9.17, 15) is 17.6 Å². The van der Waals surface area contributed by atoms with Gasteiger partial charge in [-0.05, 0) is 49.8 Å². The second-order valence-electron chi connectivity index (χ2n) is 5.27. The maximum absolute atomic E-state index is 13.6. The second kappa shape index (κ2) is 6.58. The summed E-state index contributed by atoms with van der Waals surface area (Å²) in [5.41, 5.74) is 2.95. The van der Waals surface area contributed by atoms with E-state index in [2.05, 4.69) is 11.5 Å². The highest BCUT2D eigenvalue weighted by molar-refractivity contribution is 5.29. The summed E-state index contributed by atoms with van der Waals surface area (Å²) in [4.78, 5) is 0. The van der Waals surface area contributed by atoms with E-state index < -0.39 is 17.6 Å². The Bertz CT molecular complexity index is 523. The largest absolute Gasteiger partial charge is 0.419 e. The van der Waals surface area contributed by atoms with E-state index >= 15 is 0 Å². The minimum absolute atomic E-state index is 0.383. The van der Waals surface area contributed by atoms with E-state index in [0.29, 0.717) is 12.0 Å². The van der Waals surface area contributed by atoms with Crippen molar-refractivity contribution in [2.45, 2.75) is 44.3 Å². The number of nitrogens with two attached hydrogens (primary N) is 1. The molecule has 6 heteroatoms. The summed E-state index contributed by atoms with van der Waals surface area (Å²) in [5, 5.41) is 0. The smallest absolute Gasteiger partial charge is 0.271 e. The molecule has 0 spiro atoms. The van der Waals surface area contributed by atoms with Crippen molar-refractivity contribution in [2.24, 2.45) is 5.84 Å². The summed E-state index contributed by atoms with van der Waals surface area (Å²) < 4.78 is 51.3. The van der Waals surface area contributed by atoms with Crippen molar-refractivity contribution in [3.8, 4) is 0 Å². The van der Waals surface area contributed by atoms with Gasteiger partial charge in [0, 0.05) is 6.04 Å². The lowest BCUT2D eigenvalue weighted by atomic mass is 9.91. The van der Waals surface area contributed by atoms with Crippen LogP contribution in [0.25, 0.3) is 0 Å². The first-order valence-electron chi connectivity index (χ1n) is 6.92. The molecule has 1 aromatic rings. The van der Waals surface area contributed by atoms with Gasteiger partial charge < -0.3 is 0 Å². The van der Waals surface area contributed by atoms with Crippen LogP contribution in [0.3, 0.4) is 0 Å². The second-order valence-corrected chi connectivity index (χ2v) is 5.27. The fraction of sp³-hybridized carbons (Fsp3) is 0.467. The third-order valence-corrected chi connectivity index (χ3v) is 3.75. The average Bonchev–Trinajstić information content (AvgIpc) is 2.44. The lowest BCUT2D eigenvalue weighted by Crippen LogP contribution is -2.28. The minimum Gasteiger partial charge on any atom is -0.271 e. The summed E-state index contributed by atoms with van der Waals surface area (Å²) in [6, 6.07) is 2.58. The maximum atomic E-state index is 13.6. The maximum Gasteiger partial charge on any atom is 0.419 e. The molecule has 2 rings (SSSR count). The van der Waals surface area contributed by atoms with Gasteiger partial charge in [0.1, 0.15) is 5.82 Å². The van der Waals surface area contributed by atoms with Gasteiger partial charge in [-0.2, -0.15) is 13.2 Å². The van der Waals surface area contributed by atoms with Crippen LogP contribution in [0, 0.1) is 5.82 Å². The molecule has 0 heterocycles. The van der Waals surface area contributed by atoms with Crippen LogP contribution in [0.4, 0.5) is 17.6 Å². The zero-order valence-electron chi connectivity index (χ0n) is 11.5. The van der Waals surface area contributed by atoms with Crippen molar-refractivity contribution >= 4 is 0 Å². The predicted octanol–water partition coefficient (Wildman–Crippen LogP) is 4.24. The van der Waals surface area contributed by atoms with Crippen LogP contribution in [0.15, 0.2) is 29.8 Å². The molecule has 0 radical (unpaired) electrons. The van der Waals surface area contributed by atoms with Crippen molar-refractivity contribution in [1.29, 1.82) is 0 Å². The fourth-order valence-electron chi connectivity index (χ4n) is 2.60. The van der Waals surface area contributed by atoms with Gasteiger partial charge in [0.2, 0.25) is 0 Å². The third kappa shape index (κ3) is 4.04. The van der Waals surface area contributed by atoms with Crippen molar-refractivity contribution in [3.05, 3.63) is 46.8 Å². The molecule has 1 aromatic carbocycles. The molecule has 3 N–H and O–H groups in total. The Morgan fingerprint density at radius 3 is 2.52 bits per heavy atom. The van der Waals surface area contributed by atoms with Gasteiger partial charge in [-0.3, -0.25) is 11.3 Å². The molecule has 1 aliphatic carbocycles. The van der Waals surface area contributed by atoms with Gasteiger partial charge >= 0.3 is 6.18 Å². The Balaban J connectivity index is 2.18. The lowest BCUT2D eigenvalue weighted by molar-refractivity contribution is -0.140. The highest BCUT2D eigenvalue weighted by Crippen LogP contribution is 2.33. The van der Waals surface area contributed by atoms with E-state index in [-0.39, 0.29) is 6.04 Å². The number of halogens is 4. The summed E-state index contributed by atoms with van der Waals surface area (Å²) in [5.74, 6) is 4.21. The fourth-order valence-corrected chi connectivity index (χ4v) is 2.60. The van der Waals surface area contributed by atoms with Crippen molar-refractivity contribution in [3.63, 3.8) is 0 Å². The molecular weight excluding hydrogens is 284 g/mol. The van der Waals surface area contributed by atoms with Crippen molar-refractivity contribution in [2.75, 3.05) is 0 Å². The molecule has 1 aliphatic rings. The zero-order chi connectivity index (χ0) is 15.5. The molecule has 21 heavy (non-hydrogen) atoms. The molecule has 0 saturated heterocycles. The number of hydrogen-bond acceptors (Lipinski definition) is 2. The quantitative estimate of drug-likeness (QED) is 0.378. The van der Waals surface area contributed by atoms with Crippen LogP contribution in [-0.4, -0.2) is 0 Å². The highest BCUT2D eigenvalue weighted by Gasteiger charge is 2.34. The number of hydrogen-bond donors (Lipinski definition) is 2. The van der Waals surface area contributed by atoms with E-state index in [1.807, 2.05) is 0 Å². The van der Waals surface area contributed by atoms with Crippen LogP contribution in [0.5, 0.6) is 0 Å². The molecule has 0 fully saturated rings. The highest BCUT2D eigenvalue weighted by atomic mass is 19.4. The van der Waals surface area contributed by atoms with Gasteiger partial charge in [0.05, 0.1) is 5.56 Å². The molecule has 2 nitrogen and oxygen atoms in total. The number of allylic oxidation sites excluding steroid dienone is 1. The first kappa shape index (κ1) is 16.0. The normalized spacial score (nSPS) is 17.5. The first-order chi connectivity index (χ1) is 9.91. The van der Waals surface area contributed by atoms with Crippen LogP contribution in [0.1, 0.15) is 49.3 Å². The summed E-state index contributed by atoms with van der Waals surface area (Å²) >= 11 is 0. The van der Waals surface area contributed by atoms with Gasteiger partial charge in [0.15, 0.2) is 0 Å². The number of alkyl halides is 3. The molecule has 1 unspecified atom stereocenters. The molecule has 0 bridgehead atoms. The van der Waals surface area contributed by atoms with Crippen molar-refractivity contribution < 1.29 is 17.6 Å². The Labute approximate surface area is 121 Å². The SMILES string of the molecule is NNC(CC1=CCCCC1)c1ccc(C(F)(F)F)c(F)c1. The number of benzene rings is 1. The molecule has 116 valence electrons. The molecule has 0 aliphatic heterocycles. The Morgan fingerprint density at radius 1 is 1.24 bits per heavy atom. The standard InChI is InChI=1S/C15H18F4N2/c16-13-9-11(6-7-12(13)15(17,18)19)14(21-20)8-10-4-2-1-3-5-10/h4,6-7,9,14,21H,1-3,5,8,20H2. The monoisotopic (exact) mass is 302 g/mol. The molecule has 0 aromatic heterocycles. The zero-order valence-corrected chi connectivity index (χ0v) is 11.5. The minimum atomic E-state index is -4.68. The van der Waals surface area contributed by atoms with Crippen LogP contribution in [0.2, 0.25) is 0 Å². The summed E-state index contributed by atoms with van der Waals surface area (Å²) in [7, 11) is 0. The average molecular weight is 302 g/mol. The number of hydrazine groups is 1. The summed E-state index contributed by atoms with van der Waals surface area (Å²) in [6.45, 7) is 0. The Hall–Kier alpha value is -1.40. The number of rotatable bonds is 4. The molecule has 0 saturated carbocycles. The van der Waals surface area contributed by atoms with Crippen LogP contribution >= 0.6 is 0 Å². The van der Waals surface area contributed by atoms with Gasteiger partial charge in [0.25, 0.3) is 0 Å². The molecule has 0 amide bonds. The number of nitrogens with one attached hydrogen (secondary N) is 1. The van der Waals surface area contributed by atoms with E-state index in [0.717, 1.165) is 37.8 Å². The van der Waals surface area contributed by atoms with E-state index in [4.69, 9.17) is 5.84 Å². The lowest BCUT2D eigenvalue weighted by Gasteiger charge is -2.21. The van der Waals surface area contributed by atoms with Gasteiger partial charge in [-0.15, -0.1) is 0 Å². The third-order valence-electron chi connectivity index (χ3n) is 3.75. The molecule has 1 atom stereocenters. The van der Waals surface area contributed by atoms with E-state index in [1.54, 1.807) is 0 Å². The topological polar surface area (TPSA) is 38.0 Å². The van der Waals surface area contributed by atoms with Crippen LogP contribution in [-0.2, 0) is 6.18 Å². The van der Waals surface area contributed by atoms with Gasteiger partial charge in [-0.1, -0.05) is 17.7 Å². The first-order valence-corrected chi connectivity index (χ1v) is 6.92. The predicted molar refractivity (Wildman–Crippen MR) is 72.6 cm³/mol. The Morgan fingerprint density at radius 2 is 2.00 bits per heavy atom.